The van der Waals surface area contributed by atoms with Gasteiger partial charge < -0.3 is 9.47 Å². The Bertz CT molecular complexity index is 1270. The highest BCUT2D eigenvalue weighted by atomic mass is 19.2. The van der Waals surface area contributed by atoms with Crippen molar-refractivity contribution >= 4 is 6.08 Å². The van der Waals surface area contributed by atoms with Gasteiger partial charge in [0.2, 0.25) is 5.82 Å². The number of rotatable bonds is 6. The van der Waals surface area contributed by atoms with Crippen LogP contribution < -0.4 is 4.74 Å². The zero-order valence-electron chi connectivity index (χ0n) is 18.8. The first-order valence-electron chi connectivity index (χ1n) is 11.1. The number of halogens is 6. The second kappa shape index (κ2) is 10.2. The van der Waals surface area contributed by atoms with Crippen molar-refractivity contribution < 1.29 is 35.8 Å². The van der Waals surface area contributed by atoms with E-state index in [-0.39, 0.29) is 42.1 Å². The fourth-order valence-corrected chi connectivity index (χ4v) is 4.32. The Kier molecular flexibility index (Phi) is 7.21. The van der Waals surface area contributed by atoms with Crippen LogP contribution in [0.3, 0.4) is 0 Å². The zero-order chi connectivity index (χ0) is 25.3. The van der Waals surface area contributed by atoms with Gasteiger partial charge in [-0.25, -0.2) is 22.0 Å². The molecule has 184 valence electrons. The smallest absolute Gasteiger partial charge is 0.201 e. The van der Waals surface area contributed by atoms with E-state index in [0.717, 1.165) is 18.2 Å². The van der Waals surface area contributed by atoms with Gasteiger partial charge in [0.05, 0.1) is 19.3 Å². The maximum atomic E-state index is 15.0. The Labute approximate surface area is 198 Å². The summed E-state index contributed by atoms with van der Waals surface area (Å²) < 4.78 is 97.9. The van der Waals surface area contributed by atoms with E-state index in [1.165, 1.54) is 24.3 Å². The van der Waals surface area contributed by atoms with Gasteiger partial charge in [0.1, 0.15) is 0 Å². The van der Waals surface area contributed by atoms with Crippen molar-refractivity contribution in [2.45, 2.75) is 31.8 Å². The van der Waals surface area contributed by atoms with Crippen LogP contribution in [0.2, 0.25) is 0 Å². The number of hydrogen-bond acceptors (Lipinski definition) is 2. The number of benzene rings is 3. The topological polar surface area (TPSA) is 18.5 Å². The van der Waals surface area contributed by atoms with Crippen molar-refractivity contribution in [3.63, 3.8) is 0 Å². The molecule has 0 N–H and O–H groups in total. The lowest BCUT2D eigenvalue weighted by Gasteiger charge is -2.30. The van der Waals surface area contributed by atoms with E-state index in [1.54, 1.807) is 6.92 Å². The average molecular weight is 492 g/mol. The van der Waals surface area contributed by atoms with Crippen LogP contribution in [0.15, 0.2) is 43.0 Å². The largest absolute Gasteiger partial charge is 0.491 e. The fraction of sp³-hybridized carbons (Fsp3) is 0.259. The molecule has 4 rings (SSSR count). The summed E-state index contributed by atoms with van der Waals surface area (Å²) in [6.45, 7) is 5.11. The summed E-state index contributed by atoms with van der Waals surface area (Å²) in [6.07, 6.45) is 0.939. The molecule has 0 saturated carbocycles. The summed E-state index contributed by atoms with van der Waals surface area (Å²) in [7, 11) is 0. The van der Waals surface area contributed by atoms with Gasteiger partial charge in [-0.05, 0) is 37.5 Å². The molecule has 8 heteroatoms. The molecule has 0 aromatic heterocycles. The fourth-order valence-electron chi connectivity index (χ4n) is 4.32. The molecule has 0 amide bonds. The first kappa shape index (κ1) is 24.9. The maximum Gasteiger partial charge on any atom is 0.201 e. The minimum atomic E-state index is -1.35. The Balaban J connectivity index is 1.55. The Morgan fingerprint density at radius 1 is 0.800 bits per heavy atom. The van der Waals surface area contributed by atoms with Crippen LogP contribution in [0.25, 0.3) is 17.2 Å². The lowest BCUT2D eigenvalue weighted by atomic mass is 9.88. The summed E-state index contributed by atoms with van der Waals surface area (Å²) >= 11 is 0. The van der Waals surface area contributed by atoms with Gasteiger partial charge in [-0.3, -0.25) is 0 Å². The molecule has 35 heavy (non-hydrogen) atoms. The molecule has 1 aliphatic rings. The molecule has 1 fully saturated rings. The van der Waals surface area contributed by atoms with E-state index >= 15 is 0 Å². The van der Waals surface area contributed by atoms with Gasteiger partial charge in [0.25, 0.3) is 0 Å². The van der Waals surface area contributed by atoms with Crippen LogP contribution in [-0.2, 0) is 4.74 Å². The summed E-state index contributed by atoms with van der Waals surface area (Å²) in [6, 6.07) is 7.56. The van der Waals surface area contributed by atoms with E-state index in [0.29, 0.717) is 6.42 Å². The van der Waals surface area contributed by atoms with E-state index in [1.807, 2.05) is 0 Å². The molecule has 0 radical (unpaired) electrons. The zero-order valence-corrected chi connectivity index (χ0v) is 18.8. The second-order valence-electron chi connectivity index (χ2n) is 8.17. The molecular formula is C27H22F6O2. The van der Waals surface area contributed by atoms with Gasteiger partial charge >= 0.3 is 0 Å². The van der Waals surface area contributed by atoms with Gasteiger partial charge in [0, 0.05) is 28.2 Å². The maximum absolute atomic E-state index is 15.0. The molecule has 2 unspecified atom stereocenters. The molecule has 0 bridgehead atoms. The van der Waals surface area contributed by atoms with Crippen LogP contribution in [0.1, 0.15) is 48.5 Å². The van der Waals surface area contributed by atoms with Crippen LogP contribution in [0.5, 0.6) is 5.75 Å². The van der Waals surface area contributed by atoms with Crippen molar-refractivity contribution in [3.05, 3.63) is 94.6 Å². The second-order valence-corrected chi connectivity index (χ2v) is 8.17. The van der Waals surface area contributed by atoms with E-state index < -0.39 is 58.1 Å². The molecule has 1 saturated heterocycles. The third-order valence-electron chi connectivity index (χ3n) is 6.17. The number of hydrogen-bond donors (Lipinski definition) is 0. The predicted octanol–water partition coefficient (Wildman–Crippen LogP) is 7.87. The summed E-state index contributed by atoms with van der Waals surface area (Å²) in [4.78, 5) is 0. The lowest BCUT2D eigenvalue weighted by molar-refractivity contribution is -0.000634. The van der Waals surface area contributed by atoms with Crippen LogP contribution in [0, 0.1) is 34.9 Å². The lowest BCUT2D eigenvalue weighted by Crippen LogP contribution is -2.21. The Morgan fingerprint density at radius 2 is 1.43 bits per heavy atom. The highest BCUT2D eigenvalue weighted by Crippen LogP contribution is 2.40. The third kappa shape index (κ3) is 4.55. The first-order valence-corrected chi connectivity index (χ1v) is 11.1. The standard InChI is InChI=1S/C27H22F6O2/c1-3-14-5-7-16(23(29)22(14)28)15-6-11-20(35-13-15)19-9-8-17(24(30)26(19)32)18-10-12-21(34-4-2)27(33)25(18)31/h3,5,7-10,12,15,20H,1,4,6,11,13H2,2H3. The van der Waals surface area contributed by atoms with Crippen molar-refractivity contribution in [2.75, 3.05) is 13.2 Å². The molecule has 1 heterocycles. The molecule has 2 nitrogen and oxygen atoms in total. The van der Waals surface area contributed by atoms with E-state index in [4.69, 9.17) is 9.47 Å². The third-order valence-corrected chi connectivity index (χ3v) is 6.17. The molecule has 1 aliphatic heterocycles. The van der Waals surface area contributed by atoms with Crippen molar-refractivity contribution in [3.8, 4) is 16.9 Å². The molecule has 3 aromatic carbocycles. The molecule has 0 aliphatic carbocycles. The Hall–Kier alpha value is -3.26. The molecule has 0 spiro atoms. The monoisotopic (exact) mass is 492 g/mol. The average Bonchev–Trinajstić information content (AvgIpc) is 2.86. The van der Waals surface area contributed by atoms with Crippen LogP contribution >= 0.6 is 0 Å². The van der Waals surface area contributed by atoms with Gasteiger partial charge in [-0.15, -0.1) is 0 Å². The van der Waals surface area contributed by atoms with Gasteiger partial charge in [0.15, 0.2) is 34.8 Å². The minimum absolute atomic E-state index is 0.0317. The molecule has 2 atom stereocenters. The SMILES string of the molecule is C=Cc1ccc(C2CCC(c3ccc(-c4ccc(OCC)c(F)c4F)c(F)c3F)OC2)c(F)c1F. The van der Waals surface area contributed by atoms with Gasteiger partial charge in [-0.2, -0.15) is 4.39 Å². The highest BCUT2D eigenvalue weighted by molar-refractivity contribution is 5.66. The molecule has 3 aromatic rings. The van der Waals surface area contributed by atoms with E-state index in [2.05, 4.69) is 6.58 Å². The highest BCUT2D eigenvalue weighted by Gasteiger charge is 2.30. The summed E-state index contributed by atoms with van der Waals surface area (Å²) in [5.41, 5.74) is -0.799. The first-order chi connectivity index (χ1) is 16.8. The van der Waals surface area contributed by atoms with E-state index in [9.17, 15) is 26.3 Å². The Morgan fingerprint density at radius 3 is 2.06 bits per heavy atom. The van der Waals surface area contributed by atoms with Crippen molar-refractivity contribution in [1.29, 1.82) is 0 Å². The predicted molar refractivity (Wildman–Crippen MR) is 120 cm³/mol. The summed E-state index contributed by atoms with van der Waals surface area (Å²) in [5.74, 6) is -8.01. The summed E-state index contributed by atoms with van der Waals surface area (Å²) in [5, 5.41) is 0. The van der Waals surface area contributed by atoms with Crippen molar-refractivity contribution in [2.24, 2.45) is 0 Å². The minimum Gasteiger partial charge on any atom is -0.491 e. The quantitative estimate of drug-likeness (QED) is 0.326. The molecular weight excluding hydrogens is 470 g/mol. The van der Waals surface area contributed by atoms with Gasteiger partial charge in [-0.1, -0.05) is 36.9 Å². The normalized spacial score (nSPS) is 17.9. The van der Waals surface area contributed by atoms with Crippen molar-refractivity contribution in [1.82, 2.24) is 0 Å². The van der Waals surface area contributed by atoms with Crippen LogP contribution in [-0.4, -0.2) is 13.2 Å². The number of ether oxygens (including phenoxy) is 2. The van der Waals surface area contributed by atoms with Crippen LogP contribution in [0.4, 0.5) is 26.3 Å².